The predicted octanol–water partition coefficient (Wildman–Crippen LogP) is 2.61. The summed E-state index contributed by atoms with van der Waals surface area (Å²) in [5, 5.41) is 2.72. The van der Waals surface area contributed by atoms with Crippen molar-refractivity contribution in [3.63, 3.8) is 0 Å². The highest BCUT2D eigenvalue weighted by molar-refractivity contribution is 6.05. The van der Waals surface area contributed by atoms with Gasteiger partial charge in [0.1, 0.15) is 5.70 Å². The third-order valence-electron chi connectivity index (χ3n) is 3.64. The smallest absolute Gasteiger partial charge is 0.269 e. The van der Waals surface area contributed by atoms with Crippen molar-refractivity contribution in [3.8, 4) is 0 Å². The number of anilines is 1. The summed E-state index contributed by atoms with van der Waals surface area (Å²) in [7, 11) is 7.23. The van der Waals surface area contributed by atoms with Gasteiger partial charge >= 0.3 is 0 Å². The molecule has 0 atom stereocenters. The summed E-state index contributed by atoms with van der Waals surface area (Å²) >= 11 is 0. The molecule has 130 valence electrons. The molecule has 0 saturated heterocycles. The first-order valence-electron chi connectivity index (χ1n) is 7.95. The van der Waals surface area contributed by atoms with Crippen molar-refractivity contribution in [3.05, 3.63) is 71.4 Å². The van der Waals surface area contributed by atoms with Crippen molar-refractivity contribution in [2.75, 3.05) is 33.1 Å². The Morgan fingerprint density at radius 1 is 0.880 bits per heavy atom. The summed E-state index contributed by atoms with van der Waals surface area (Å²) in [5.74, 6) is -0.576. The molecule has 0 unspecified atom stereocenters. The van der Waals surface area contributed by atoms with Gasteiger partial charge in [-0.2, -0.15) is 0 Å². The maximum absolute atomic E-state index is 12.4. The number of amides is 2. The zero-order chi connectivity index (χ0) is 18.4. The third-order valence-corrected chi connectivity index (χ3v) is 3.64. The molecule has 0 aliphatic carbocycles. The second-order valence-corrected chi connectivity index (χ2v) is 6.06. The standard InChI is InChI=1S/C20H23N3O2/c1-22(2)17-12-10-15(11-13-17)14-18(20(25)23(3)4)21-19(24)16-8-6-5-7-9-16/h5-14H,1-4H3,(H,21,24)/b18-14-. The van der Waals surface area contributed by atoms with E-state index in [1.54, 1.807) is 44.4 Å². The van der Waals surface area contributed by atoms with Crippen LogP contribution in [0.25, 0.3) is 6.08 Å². The van der Waals surface area contributed by atoms with E-state index >= 15 is 0 Å². The monoisotopic (exact) mass is 337 g/mol. The van der Waals surface area contributed by atoms with E-state index in [4.69, 9.17) is 0 Å². The fourth-order valence-corrected chi connectivity index (χ4v) is 2.21. The van der Waals surface area contributed by atoms with Crippen LogP contribution in [0.5, 0.6) is 0 Å². The Morgan fingerprint density at radius 2 is 1.48 bits per heavy atom. The van der Waals surface area contributed by atoms with Crippen LogP contribution < -0.4 is 10.2 Å². The molecule has 25 heavy (non-hydrogen) atoms. The maximum atomic E-state index is 12.4. The van der Waals surface area contributed by atoms with E-state index in [2.05, 4.69) is 5.32 Å². The molecule has 0 spiro atoms. The minimum absolute atomic E-state index is 0.233. The Balaban J connectivity index is 2.29. The van der Waals surface area contributed by atoms with Crippen molar-refractivity contribution in [1.29, 1.82) is 0 Å². The minimum atomic E-state index is -0.313. The van der Waals surface area contributed by atoms with Gasteiger partial charge in [0.2, 0.25) is 0 Å². The van der Waals surface area contributed by atoms with Crippen LogP contribution in [0, 0.1) is 0 Å². The number of rotatable bonds is 5. The SMILES string of the molecule is CN(C)C(=O)/C(=C/c1ccc(N(C)C)cc1)NC(=O)c1ccccc1. The van der Waals surface area contributed by atoms with Crippen LogP contribution in [0.2, 0.25) is 0 Å². The molecule has 0 aromatic heterocycles. The third kappa shape index (κ3) is 4.94. The van der Waals surface area contributed by atoms with Crippen LogP contribution in [-0.4, -0.2) is 44.9 Å². The van der Waals surface area contributed by atoms with Gasteiger partial charge in [0.05, 0.1) is 0 Å². The van der Waals surface area contributed by atoms with Crippen LogP contribution >= 0.6 is 0 Å². The summed E-state index contributed by atoms with van der Waals surface area (Å²) in [6.45, 7) is 0. The van der Waals surface area contributed by atoms with Gasteiger partial charge in [0.25, 0.3) is 11.8 Å². The number of carbonyl (C=O) groups excluding carboxylic acids is 2. The van der Waals surface area contributed by atoms with Crippen molar-refractivity contribution >= 4 is 23.6 Å². The summed E-state index contributed by atoms with van der Waals surface area (Å²) in [6.07, 6.45) is 1.68. The number of likely N-dealkylation sites (N-methyl/N-ethyl adjacent to an activating group) is 1. The second-order valence-electron chi connectivity index (χ2n) is 6.06. The molecule has 0 heterocycles. The molecule has 5 nitrogen and oxygen atoms in total. The molecular formula is C20H23N3O2. The normalized spacial score (nSPS) is 11.0. The lowest BCUT2D eigenvalue weighted by Gasteiger charge is -2.15. The Hall–Kier alpha value is -3.08. The number of hydrogen-bond donors (Lipinski definition) is 1. The van der Waals surface area contributed by atoms with E-state index in [-0.39, 0.29) is 17.5 Å². The van der Waals surface area contributed by atoms with E-state index < -0.39 is 0 Å². The highest BCUT2D eigenvalue weighted by Gasteiger charge is 2.16. The molecule has 2 aromatic rings. The van der Waals surface area contributed by atoms with Gasteiger partial charge in [-0.1, -0.05) is 30.3 Å². The number of hydrogen-bond acceptors (Lipinski definition) is 3. The summed E-state index contributed by atoms with van der Waals surface area (Å²) in [4.78, 5) is 28.2. The lowest BCUT2D eigenvalue weighted by Crippen LogP contribution is -2.34. The summed E-state index contributed by atoms with van der Waals surface area (Å²) in [5.41, 5.74) is 2.63. The Labute approximate surface area is 148 Å². The van der Waals surface area contributed by atoms with Crippen molar-refractivity contribution in [2.24, 2.45) is 0 Å². The summed E-state index contributed by atoms with van der Waals surface area (Å²) in [6, 6.07) is 16.6. The predicted molar refractivity (Wildman–Crippen MR) is 101 cm³/mol. The van der Waals surface area contributed by atoms with Crippen molar-refractivity contribution in [2.45, 2.75) is 0 Å². The topological polar surface area (TPSA) is 52.7 Å². The lowest BCUT2D eigenvalue weighted by molar-refractivity contribution is -0.124. The lowest BCUT2D eigenvalue weighted by atomic mass is 10.1. The van der Waals surface area contributed by atoms with Gasteiger partial charge in [-0.25, -0.2) is 0 Å². The molecule has 0 bridgehead atoms. The van der Waals surface area contributed by atoms with E-state index in [1.165, 1.54) is 4.90 Å². The van der Waals surface area contributed by atoms with Crippen molar-refractivity contribution in [1.82, 2.24) is 10.2 Å². The molecule has 5 heteroatoms. The molecule has 2 amide bonds. The maximum Gasteiger partial charge on any atom is 0.269 e. The minimum Gasteiger partial charge on any atom is -0.378 e. The van der Waals surface area contributed by atoms with Gasteiger partial charge in [0.15, 0.2) is 0 Å². The number of benzene rings is 2. The van der Waals surface area contributed by atoms with E-state index in [1.807, 2.05) is 49.3 Å². The molecule has 1 N–H and O–H groups in total. The van der Waals surface area contributed by atoms with Crippen LogP contribution in [0.15, 0.2) is 60.3 Å². The summed E-state index contributed by atoms with van der Waals surface area (Å²) < 4.78 is 0. The molecule has 2 aromatic carbocycles. The molecule has 0 aliphatic rings. The second kappa shape index (κ2) is 8.15. The average Bonchev–Trinajstić information content (AvgIpc) is 2.61. The van der Waals surface area contributed by atoms with Crippen LogP contribution in [0.3, 0.4) is 0 Å². The number of carbonyl (C=O) groups is 2. The first-order chi connectivity index (χ1) is 11.9. The molecule has 0 saturated carbocycles. The van der Waals surface area contributed by atoms with Crippen LogP contribution in [-0.2, 0) is 4.79 Å². The van der Waals surface area contributed by atoms with Gasteiger partial charge in [-0.05, 0) is 35.9 Å². The largest absolute Gasteiger partial charge is 0.378 e. The van der Waals surface area contributed by atoms with Gasteiger partial charge in [0, 0.05) is 39.4 Å². The molecular weight excluding hydrogens is 314 g/mol. The first-order valence-corrected chi connectivity index (χ1v) is 7.95. The van der Waals surface area contributed by atoms with Gasteiger partial charge < -0.3 is 15.1 Å². The van der Waals surface area contributed by atoms with Gasteiger partial charge in [-0.3, -0.25) is 9.59 Å². The van der Waals surface area contributed by atoms with E-state index in [9.17, 15) is 9.59 Å². The molecule has 0 fully saturated rings. The highest BCUT2D eigenvalue weighted by atomic mass is 16.2. The zero-order valence-corrected chi connectivity index (χ0v) is 15.0. The van der Waals surface area contributed by atoms with Crippen LogP contribution in [0.4, 0.5) is 5.69 Å². The molecule has 2 rings (SSSR count). The Bertz CT molecular complexity index is 763. The number of nitrogens with zero attached hydrogens (tertiary/aromatic N) is 2. The van der Waals surface area contributed by atoms with Crippen LogP contribution in [0.1, 0.15) is 15.9 Å². The zero-order valence-electron chi connectivity index (χ0n) is 15.0. The Morgan fingerprint density at radius 3 is 2.00 bits per heavy atom. The first kappa shape index (κ1) is 18.3. The average molecular weight is 337 g/mol. The Kier molecular flexibility index (Phi) is 5.95. The quantitative estimate of drug-likeness (QED) is 0.854. The fourth-order valence-electron chi connectivity index (χ4n) is 2.21. The highest BCUT2D eigenvalue weighted by Crippen LogP contribution is 2.15. The molecule has 0 radical (unpaired) electrons. The van der Waals surface area contributed by atoms with E-state index in [0.717, 1.165) is 11.3 Å². The van der Waals surface area contributed by atoms with Crippen molar-refractivity contribution < 1.29 is 9.59 Å². The van der Waals surface area contributed by atoms with Gasteiger partial charge in [-0.15, -0.1) is 0 Å². The fraction of sp³-hybridized carbons (Fsp3) is 0.200. The number of nitrogens with one attached hydrogen (secondary N) is 1. The molecule has 0 aliphatic heterocycles. The van der Waals surface area contributed by atoms with E-state index in [0.29, 0.717) is 5.56 Å².